The number of hydrogen-bond acceptors (Lipinski definition) is 10. The molecular formula is C40H50ClN5O9S. The third-order valence-corrected chi connectivity index (χ3v) is 10.9. The molecule has 56 heavy (non-hydrogen) atoms. The van der Waals surface area contributed by atoms with Gasteiger partial charge in [0.1, 0.15) is 17.2 Å². The number of likely N-dealkylation sites (tertiary alicyclic amines) is 1. The molecular weight excluding hydrogens is 762 g/mol. The lowest BCUT2D eigenvalue weighted by Crippen LogP contribution is -2.50. The zero-order chi connectivity index (χ0) is 40.5. The third-order valence-electron chi connectivity index (χ3n) is 9.09. The number of para-hydroxylation sites is 2. The fraction of sp³-hybridized carbons (Fsp3) is 0.450. The van der Waals surface area contributed by atoms with Gasteiger partial charge in [-0.05, 0) is 87.6 Å². The van der Waals surface area contributed by atoms with Crippen LogP contribution in [0.5, 0.6) is 0 Å². The van der Waals surface area contributed by atoms with Crippen LogP contribution in [0.25, 0.3) is 11.1 Å². The Hall–Kier alpha value is -4.54. The van der Waals surface area contributed by atoms with E-state index in [0.717, 1.165) is 5.56 Å². The molecule has 1 aliphatic rings. The second-order valence-electron chi connectivity index (χ2n) is 14.7. The summed E-state index contributed by atoms with van der Waals surface area (Å²) in [5.74, 6) is -0.809. The monoisotopic (exact) mass is 811 g/mol. The molecule has 1 fully saturated rings. The number of benzene rings is 3. The summed E-state index contributed by atoms with van der Waals surface area (Å²) in [6, 6.07) is 18.5. The summed E-state index contributed by atoms with van der Waals surface area (Å²) in [7, 11) is -3.68. The van der Waals surface area contributed by atoms with Gasteiger partial charge < -0.3 is 34.5 Å². The predicted octanol–water partition coefficient (Wildman–Crippen LogP) is 5.42. The van der Waals surface area contributed by atoms with E-state index in [1.807, 2.05) is 12.1 Å². The zero-order valence-electron chi connectivity index (χ0n) is 32.0. The van der Waals surface area contributed by atoms with Crippen LogP contribution in [0.4, 0.5) is 4.79 Å². The van der Waals surface area contributed by atoms with Crippen molar-refractivity contribution in [3.63, 3.8) is 0 Å². The lowest BCUT2D eigenvalue weighted by Gasteiger charge is -2.28. The number of fused-ring (bicyclic) bond motifs is 1. The van der Waals surface area contributed by atoms with E-state index in [9.17, 15) is 27.9 Å². The number of nitrogens with one attached hydrogen (secondary N) is 3. The highest BCUT2D eigenvalue weighted by atomic mass is 35.5. The number of unbranched alkanes of at least 4 members (excludes halogenated alkanes) is 1. The van der Waals surface area contributed by atoms with Gasteiger partial charge in [-0.25, -0.2) is 22.9 Å². The summed E-state index contributed by atoms with van der Waals surface area (Å²) in [4.78, 5) is 46.3. The number of ether oxygens (including phenoxy) is 2. The SMILES string of the molecule is CCNS(=O)(=O)c1ccc(CC(=O)N2C[C@H](OCc3ccc(Cl)cc3)C[C@H]2C(=O)N[C@@H](CCCCNC(=O)OC(C)(C)C)C(O)c2nc3ccccc3o2)cc1. The van der Waals surface area contributed by atoms with E-state index in [-0.39, 0.29) is 49.2 Å². The van der Waals surface area contributed by atoms with E-state index in [4.69, 9.17) is 25.5 Å². The van der Waals surface area contributed by atoms with Gasteiger partial charge in [0.25, 0.3) is 0 Å². The van der Waals surface area contributed by atoms with Crippen molar-refractivity contribution in [2.75, 3.05) is 19.6 Å². The van der Waals surface area contributed by atoms with Gasteiger partial charge in [-0.15, -0.1) is 0 Å². The second-order valence-corrected chi connectivity index (χ2v) is 16.9. The molecule has 16 heteroatoms. The van der Waals surface area contributed by atoms with Gasteiger partial charge in [0, 0.05) is 31.1 Å². The number of rotatable bonds is 17. The maximum Gasteiger partial charge on any atom is 0.407 e. The number of aromatic nitrogens is 1. The van der Waals surface area contributed by atoms with Crippen LogP contribution < -0.4 is 15.4 Å². The van der Waals surface area contributed by atoms with E-state index in [1.165, 1.54) is 17.0 Å². The average molecular weight is 812 g/mol. The Bertz CT molecular complexity index is 2020. The highest BCUT2D eigenvalue weighted by Gasteiger charge is 2.41. The Balaban J connectivity index is 1.32. The molecule has 1 aromatic heterocycles. The number of oxazole rings is 1. The number of sulfonamides is 1. The molecule has 4 aromatic rings. The minimum absolute atomic E-state index is 0.0338. The first-order chi connectivity index (χ1) is 26.6. The quantitative estimate of drug-likeness (QED) is 0.100. The van der Waals surface area contributed by atoms with Crippen LogP contribution in [0.2, 0.25) is 5.02 Å². The minimum Gasteiger partial charge on any atom is -0.444 e. The Morgan fingerprint density at radius 1 is 1.02 bits per heavy atom. The minimum atomic E-state index is -3.68. The maximum absolute atomic E-state index is 14.2. The zero-order valence-corrected chi connectivity index (χ0v) is 33.6. The summed E-state index contributed by atoms with van der Waals surface area (Å²) in [5, 5.41) is 17.9. The van der Waals surface area contributed by atoms with Gasteiger partial charge in [-0.3, -0.25) is 9.59 Å². The Kier molecular flexibility index (Phi) is 14.5. The van der Waals surface area contributed by atoms with Crippen molar-refractivity contribution >= 4 is 50.6 Å². The standard InChI is InChI=1S/C40H50ClN5O9S/c1-5-43-56(51,52)30-19-15-26(16-20-30)22-35(47)46-24-29(53-25-27-13-17-28(41)18-14-27)23-33(46)37(49)44-32(11-8-9-21-42-39(50)55-40(2,3)4)36(48)38-45-31-10-6-7-12-34(31)54-38/h6-7,10,12-20,29,32-33,36,43,48H,5,8-9,11,21-25H2,1-4H3,(H,42,50)(H,44,49)/t29-,32+,33+,36?/m1/s1. The molecule has 0 spiro atoms. The maximum atomic E-state index is 14.2. The number of aliphatic hydroxyl groups excluding tert-OH is 1. The van der Waals surface area contributed by atoms with Gasteiger partial charge in [0.05, 0.1) is 30.1 Å². The molecule has 3 aromatic carbocycles. The van der Waals surface area contributed by atoms with Crippen molar-refractivity contribution in [2.24, 2.45) is 0 Å². The number of hydrogen-bond donors (Lipinski definition) is 4. The third kappa shape index (κ3) is 12.0. The first-order valence-electron chi connectivity index (χ1n) is 18.7. The molecule has 1 saturated heterocycles. The van der Waals surface area contributed by atoms with Crippen molar-refractivity contribution < 1.29 is 41.8 Å². The lowest BCUT2D eigenvalue weighted by molar-refractivity contribution is -0.138. The fourth-order valence-corrected chi connectivity index (χ4v) is 7.51. The van der Waals surface area contributed by atoms with Crippen LogP contribution in [0.1, 0.15) is 76.5 Å². The van der Waals surface area contributed by atoms with E-state index in [2.05, 4.69) is 20.3 Å². The number of alkyl carbamates (subject to hydrolysis) is 1. The van der Waals surface area contributed by atoms with Crippen molar-refractivity contribution in [3.8, 4) is 0 Å². The predicted molar refractivity (Wildman–Crippen MR) is 210 cm³/mol. The fourth-order valence-electron chi connectivity index (χ4n) is 6.34. The number of nitrogens with zero attached hydrogens (tertiary/aromatic N) is 2. The topological polar surface area (TPSA) is 189 Å². The largest absolute Gasteiger partial charge is 0.444 e. The summed E-state index contributed by atoms with van der Waals surface area (Å²) < 4.78 is 44.7. The van der Waals surface area contributed by atoms with Gasteiger partial charge in [0.15, 0.2) is 11.7 Å². The number of carbonyl (C=O) groups is 3. The van der Waals surface area contributed by atoms with E-state index < -0.39 is 51.9 Å². The van der Waals surface area contributed by atoms with E-state index in [1.54, 1.807) is 76.2 Å². The van der Waals surface area contributed by atoms with Crippen molar-refractivity contribution in [1.82, 2.24) is 25.2 Å². The lowest BCUT2D eigenvalue weighted by atomic mass is 10.0. The van der Waals surface area contributed by atoms with Crippen LogP contribution >= 0.6 is 11.6 Å². The van der Waals surface area contributed by atoms with Gasteiger partial charge >= 0.3 is 6.09 Å². The molecule has 0 saturated carbocycles. The number of carbonyl (C=O) groups excluding carboxylic acids is 3. The molecule has 0 aliphatic carbocycles. The van der Waals surface area contributed by atoms with Crippen LogP contribution in [0, 0.1) is 0 Å². The Morgan fingerprint density at radius 2 is 1.71 bits per heavy atom. The normalized spacial score (nSPS) is 17.1. The van der Waals surface area contributed by atoms with Crippen LogP contribution in [-0.4, -0.2) is 84.7 Å². The molecule has 1 aliphatic heterocycles. The first-order valence-corrected chi connectivity index (χ1v) is 20.5. The van der Waals surface area contributed by atoms with Crippen LogP contribution in [-0.2, 0) is 42.1 Å². The molecule has 3 amide bonds. The molecule has 302 valence electrons. The van der Waals surface area contributed by atoms with Crippen molar-refractivity contribution in [2.45, 2.75) is 101 Å². The first kappa shape index (κ1) is 42.6. The highest BCUT2D eigenvalue weighted by molar-refractivity contribution is 7.89. The molecule has 0 bridgehead atoms. The van der Waals surface area contributed by atoms with E-state index in [0.29, 0.717) is 47.5 Å². The molecule has 2 heterocycles. The number of amides is 3. The molecule has 5 rings (SSSR count). The molecule has 1 unspecified atom stereocenters. The van der Waals surface area contributed by atoms with Crippen LogP contribution in [0.15, 0.2) is 82.1 Å². The smallest absolute Gasteiger partial charge is 0.407 e. The van der Waals surface area contributed by atoms with E-state index >= 15 is 0 Å². The summed E-state index contributed by atoms with van der Waals surface area (Å²) in [6.45, 7) is 7.93. The summed E-state index contributed by atoms with van der Waals surface area (Å²) >= 11 is 6.05. The van der Waals surface area contributed by atoms with Crippen LogP contribution in [0.3, 0.4) is 0 Å². The molecule has 0 radical (unpaired) electrons. The molecule has 4 atom stereocenters. The van der Waals surface area contributed by atoms with Crippen molar-refractivity contribution in [3.05, 3.63) is 94.8 Å². The molecule has 14 nitrogen and oxygen atoms in total. The van der Waals surface area contributed by atoms with Crippen molar-refractivity contribution in [1.29, 1.82) is 0 Å². The van der Waals surface area contributed by atoms with Gasteiger partial charge in [0.2, 0.25) is 27.7 Å². The number of halogens is 1. The highest BCUT2D eigenvalue weighted by Crippen LogP contribution is 2.28. The van der Waals surface area contributed by atoms with Gasteiger partial charge in [-0.2, -0.15) is 0 Å². The number of aliphatic hydroxyl groups is 1. The van der Waals surface area contributed by atoms with Gasteiger partial charge in [-0.1, -0.05) is 54.9 Å². The Labute approximate surface area is 332 Å². The second kappa shape index (κ2) is 19.1. The molecule has 4 N–H and O–H groups in total. The average Bonchev–Trinajstić information content (AvgIpc) is 3.78. The summed E-state index contributed by atoms with van der Waals surface area (Å²) in [5.41, 5.74) is 1.83. The summed E-state index contributed by atoms with van der Waals surface area (Å²) in [6.07, 6.45) is -0.941. The Morgan fingerprint density at radius 3 is 2.39 bits per heavy atom.